The number of fused-ring (bicyclic) bond motifs is 1. The molecule has 0 aliphatic rings. The molecule has 0 fully saturated rings. The number of rotatable bonds is 4. The summed E-state index contributed by atoms with van der Waals surface area (Å²) in [6.45, 7) is 5.73. The zero-order valence-electron chi connectivity index (χ0n) is 15.0. The van der Waals surface area contributed by atoms with Crippen LogP contribution in [0.3, 0.4) is 0 Å². The third-order valence-electron chi connectivity index (χ3n) is 4.16. The van der Waals surface area contributed by atoms with E-state index in [0.717, 1.165) is 33.7 Å². The number of hydrogen-bond acceptors (Lipinski definition) is 4. The smallest absolute Gasteiger partial charge is 0.320 e. The maximum absolute atomic E-state index is 12.3. The van der Waals surface area contributed by atoms with Gasteiger partial charge in [-0.2, -0.15) is 5.10 Å². The van der Waals surface area contributed by atoms with Gasteiger partial charge in [-0.1, -0.05) is 0 Å². The zero-order valence-corrected chi connectivity index (χ0v) is 15.0. The Morgan fingerprint density at radius 1 is 1.32 bits per heavy atom. The Bertz CT molecular complexity index is 926. The van der Waals surface area contributed by atoms with Gasteiger partial charge in [-0.3, -0.25) is 10.00 Å². The predicted octanol–water partition coefficient (Wildman–Crippen LogP) is 3.67. The SMILES string of the molecule is COc1ccc2oc([C@H](C)NC(=O)Nc3cc(C)nn3C)c(C)c2c1. The maximum atomic E-state index is 12.3. The highest BCUT2D eigenvalue weighted by molar-refractivity contribution is 5.89. The molecule has 7 nitrogen and oxygen atoms in total. The largest absolute Gasteiger partial charge is 0.497 e. The summed E-state index contributed by atoms with van der Waals surface area (Å²) in [5.74, 6) is 2.13. The van der Waals surface area contributed by atoms with Gasteiger partial charge in [0.05, 0.1) is 18.8 Å². The van der Waals surface area contributed by atoms with Crippen molar-refractivity contribution >= 4 is 22.8 Å². The quantitative estimate of drug-likeness (QED) is 0.758. The number of nitrogens with one attached hydrogen (secondary N) is 2. The van der Waals surface area contributed by atoms with Crippen LogP contribution in [0.4, 0.5) is 10.6 Å². The average Bonchev–Trinajstić information content (AvgIpc) is 3.06. The number of carbonyl (C=O) groups is 1. The Morgan fingerprint density at radius 3 is 2.72 bits per heavy atom. The van der Waals surface area contributed by atoms with E-state index in [0.29, 0.717) is 5.82 Å². The van der Waals surface area contributed by atoms with E-state index < -0.39 is 0 Å². The third-order valence-corrected chi connectivity index (χ3v) is 4.16. The van der Waals surface area contributed by atoms with Gasteiger partial charge in [0.2, 0.25) is 0 Å². The topological polar surface area (TPSA) is 81.3 Å². The van der Waals surface area contributed by atoms with Gasteiger partial charge in [-0.25, -0.2) is 4.79 Å². The van der Waals surface area contributed by atoms with Crippen molar-refractivity contribution < 1.29 is 13.9 Å². The van der Waals surface area contributed by atoms with Gasteiger partial charge >= 0.3 is 6.03 Å². The molecular formula is C18H22N4O3. The molecule has 0 aliphatic heterocycles. The Morgan fingerprint density at radius 2 is 2.08 bits per heavy atom. The van der Waals surface area contributed by atoms with E-state index in [9.17, 15) is 4.79 Å². The van der Waals surface area contributed by atoms with Crippen LogP contribution in [0.1, 0.15) is 30.0 Å². The summed E-state index contributed by atoms with van der Waals surface area (Å²) >= 11 is 0. The van der Waals surface area contributed by atoms with Crippen LogP contribution in [-0.2, 0) is 7.05 Å². The molecule has 0 saturated heterocycles. The number of methoxy groups -OCH3 is 1. The number of aryl methyl sites for hydroxylation is 3. The molecule has 2 N–H and O–H groups in total. The minimum absolute atomic E-state index is 0.285. The van der Waals surface area contributed by atoms with E-state index in [-0.39, 0.29) is 12.1 Å². The minimum Gasteiger partial charge on any atom is -0.497 e. The molecule has 2 heterocycles. The fraction of sp³-hybridized carbons (Fsp3) is 0.333. The first-order valence-electron chi connectivity index (χ1n) is 8.04. The van der Waals surface area contributed by atoms with Crippen LogP contribution in [0.25, 0.3) is 11.0 Å². The lowest BCUT2D eigenvalue weighted by Crippen LogP contribution is -2.31. The molecule has 1 atom stereocenters. The van der Waals surface area contributed by atoms with Crippen molar-refractivity contribution in [2.45, 2.75) is 26.8 Å². The van der Waals surface area contributed by atoms with Crippen molar-refractivity contribution in [3.63, 3.8) is 0 Å². The summed E-state index contributed by atoms with van der Waals surface area (Å²) in [5.41, 5.74) is 2.59. The summed E-state index contributed by atoms with van der Waals surface area (Å²) in [5, 5.41) is 10.9. The van der Waals surface area contributed by atoms with Crippen molar-refractivity contribution in [1.82, 2.24) is 15.1 Å². The number of amides is 2. The summed E-state index contributed by atoms with van der Waals surface area (Å²) in [6.07, 6.45) is 0. The van der Waals surface area contributed by atoms with E-state index in [1.165, 1.54) is 0 Å². The molecule has 1 aromatic carbocycles. The van der Waals surface area contributed by atoms with E-state index in [1.807, 2.05) is 45.0 Å². The summed E-state index contributed by atoms with van der Waals surface area (Å²) < 4.78 is 12.8. The van der Waals surface area contributed by atoms with E-state index >= 15 is 0 Å². The van der Waals surface area contributed by atoms with Crippen LogP contribution >= 0.6 is 0 Å². The van der Waals surface area contributed by atoms with E-state index in [1.54, 1.807) is 18.8 Å². The molecule has 2 aromatic heterocycles. The summed E-state index contributed by atoms with van der Waals surface area (Å²) in [6, 6.07) is 6.87. The fourth-order valence-electron chi connectivity index (χ4n) is 2.90. The molecule has 0 spiro atoms. The number of urea groups is 1. The van der Waals surface area contributed by atoms with Crippen LogP contribution in [0, 0.1) is 13.8 Å². The number of carbonyl (C=O) groups excluding carboxylic acids is 1. The van der Waals surface area contributed by atoms with Crippen molar-refractivity contribution in [3.05, 3.63) is 41.3 Å². The molecule has 0 bridgehead atoms. The highest BCUT2D eigenvalue weighted by Gasteiger charge is 2.19. The Kier molecular flexibility index (Phi) is 4.39. The van der Waals surface area contributed by atoms with Crippen LogP contribution in [0.5, 0.6) is 5.75 Å². The van der Waals surface area contributed by atoms with Crippen LogP contribution < -0.4 is 15.4 Å². The molecule has 0 saturated carbocycles. The molecule has 25 heavy (non-hydrogen) atoms. The monoisotopic (exact) mass is 342 g/mol. The van der Waals surface area contributed by atoms with Gasteiger partial charge in [-0.05, 0) is 39.0 Å². The van der Waals surface area contributed by atoms with Gasteiger partial charge in [0, 0.05) is 24.1 Å². The second-order valence-corrected chi connectivity index (χ2v) is 6.07. The minimum atomic E-state index is -0.312. The average molecular weight is 342 g/mol. The van der Waals surface area contributed by atoms with Crippen molar-refractivity contribution in [2.75, 3.05) is 12.4 Å². The molecule has 0 unspecified atom stereocenters. The summed E-state index contributed by atoms with van der Waals surface area (Å²) in [4.78, 5) is 12.3. The summed E-state index contributed by atoms with van der Waals surface area (Å²) in [7, 11) is 3.41. The van der Waals surface area contributed by atoms with Crippen molar-refractivity contribution in [2.24, 2.45) is 7.05 Å². The number of ether oxygens (including phenoxy) is 1. The standard InChI is InChI=1S/C18H22N4O3/c1-10-8-16(22(4)21-10)20-18(23)19-12(3)17-11(2)14-9-13(24-5)6-7-15(14)25-17/h6-9,12H,1-5H3,(H2,19,20,23)/t12-/m0/s1. The highest BCUT2D eigenvalue weighted by Crippen LogP contribution is 2.31. The first-order valence-corrected chi connectivity index (χ1v) is 8.04. The highest BCUT2D eigenvalue weighted by atomic mass is 16.5. The van der Waals surface area contributed by atoms with E-state index in [4.69, 9.17) is 9.15 Å². The van der Waals surface area contributed by atoms with Crippen LogP contribution in [0.15, 0.2) is 28.7 Å². The number of nitrogens with zero attached hydrogens (tertiary/aromatic N) is 2. The second kappa shape index (κ2) is 6.51. The molecule has 2 amide bonds. The molecule has 3 rings (SSSR count). The molecule has 0 aliphatic carbocycles. The zero-order chi connectivity index (χ0) is 18.1. The number of hydrogen-bond donors (Lipinski definition) is 2. The number of anilines is 1. The lowest BCUT2D eigenvalue weighted by atomic mass is 10.1. The fourth-order valence-corrected chi connectivity index (χ4v) is 2.90. The Hall–Kier alpha value is -2.96. The molecule has 3 aromatic rings. The van der Waals surface area contributed by atoms with Gasteiger partial charge < -0.3 is 14.5 Å². The number of aromatic nitrogens is 2. The van der Waals surface area contributed by atoms with Gasteiger partial charge in [0.15, 0.2) is 0 Å². The molecule has 7 heteroatoms. The Labute approximate surface area is 146 Å². The normalized spacial score (nSPS) is 12.2. The lowest BCUT2D eigenvalue weighted by molar-refractivity contribution is 0.247. The van der Waals surface area contributed by atoms with E-state index in [2.05, 4.69) is 15.7 Å². The first kappa shape index (κ1) is 16.9. The van der Waals surface area contributed by atoms with Gasteiger partial charge in [-0.15, -0.1) is 0 Å². The van der Waals surface area contributed by atoms with Gasteiger partial charge in [0.1, 0.15) is 22.9 Å². The van der Waals surface area contributed by atoms with Crippen LogP contribution in [0.2, 0.25) is 0 Å². The first-order chi connectivity index (χ1) is 11.9. The van der Waals surface area contributed by atoms with Gasteiger partial charge in [0.25, 0.3) is 0 Å². The molecular weight excluding hydrogens is 320 g/mol. The third kappa shape index (κ3) is 3.31. The number of benzene rings is 1. The Balaban J connectivity index is 1.77. The molecule has 132 valence electrons. The predicted molar refractivity (Wildman–Crippen MR) is 96.0 cm³/mol. The van der Waals surface area contributed by atoms with Crippen molar-refractivity contribution in [3.8, 4) is 5.75 Å². The van der Waals surface area contributed by atoms with Crippen LogP contribution in [-0.4, -0.2) is 22.9 Å². The second-order valence-electron chi connectivity index (χ2n) is 6.07. The van der Waals surface area contributed by atoms with Crippen molar-refractivity contribution in [1.29, 1.82) is 0 Å². The maximum Gasteiger partial charge on any atom is 0.320 e. The molecule has 0 radical (unpaired) electrons. The number of furan rings is 1. The lowest BCUT2D eigenvalue weighted by Gasteiger charge is -2.13.